The standard InChI is InChI=1S/C13H20N2O3S/c16-14-13-8-4-5-11(9-13)10-19(17,18)15-12-6-2-1-3-7-12/h4-5,8-9,12,14-16H,1-3,6-7,10H2. The molecule has 5 nitrogen and oxygen atoms in total. The van der Waals surface area contributed by atoms with Crippen LogP contribution in [0, 0.1) is 0 Å². The minimum atomic E-state index is -3.32. The van der Waals surface area contributed by atoms with Crippen LogP contribution in [0.4, 0.5) is 5.69 Å². The van der Waals surface area contributed by atoms with Gasteiger partial charge >= 0.3 is 0 Å². The Labute approximate surface area is 114 Å². The third-order valence-electron chi connectivity index (χ3n) is 3.36. The molecule has 2 rings (SSSR count). The van der Waals surface area contributed by atoms with Crippen molar-refractivity contribution in [2.24, 2.45) is 0 Å². The number of hydrogen-bond donors (Lipinski definition) is 3. The molecule has 1 aromatic carbocycles. The first-order valence-corrected chi connectivity index (χ1v) is 8.23. The van der Waals surface area contributed by atoms with Crippen molar-refractivity contribution in [3.05, 3.63) is 29.8 Å². The smallest absolute Gasteiger partial charge is 0.216 e. The van der Waals surface area contributed by atoms with E-state index in [1.165, 1.54) is 6.42 Å². The fourth-order valence-corrected chi connectivity index (χ4v) is 3.91. The van der Waals surface area contributed by atoms with E-state index in [1.54, 1.807) is 24.3 Å². The highest BCUT2D eigenvalue weighted by atomic mass is 32.2. The third-order valence-corrected chi connectivity index (χ3v) is 4.77. The van der Waals surface area contributed by atoms with Crippen LogP contribution >= 0.6 is 0 Å². The molecule has 0 saturated heterocycles. The quantitative estimate of drug-likeness (QED) is 0.725. The van der Waals surface area contributed by atoms with Crippen molar-refractivity contribution >= 4 is 15.7 Å². The predicted octanol–water partition coefficient (Wildman–Crippen LogP) is 2.24. The van der Waals surface area contributed by atoms with Crippen molar-refractivity contribution in [3.8, 4) is 0 Å². The summed E-state index contributed by atoms with van der Waals surface area (Å²) >= 11 is 0. The van der Waals surface area contributed by atoms with Gasteiger partial charge in [0.25, 0.3) is 0 Å². The maximum atomic E-state index is 12.1. The summed E-state index contributed by atoms with van der Waals surface area (Å²) in [6, 6.07) is 6.83. The molecule has 1 fully saturated rings. The van der Waals surface area contributed by atoms with E-state index in [-0.39, 0.29) is 11.8 Å². The molecule has 0 amide bonds. The van der Waals surface area contributed by atoms with Crippen LogP contribution in [-0.4, -0.2) is 19.7 Å². The summed E-state index contributed by atoms with van der Waals surface area (Å²) in [5.74, 6) is -0.0565. The summed E-state index contributed by atoms with van der Waals surface area (Å²) in [6.45, 7) is 0. The molecule has 0 heterocycles. The highest BCUT2D eigenvalue weighted by Crippen LogP contribution is 2.19. The van der Waals surface area contributed by atoms with Gasteiger partial charge in [-0.2, -0.15) is 0 Å². The van der Waals surface area contributed by atoms with Gasteiger partial charge in [0, 0.05) is 6.04 Å². The topological polar surface area (TPSA) is 78.4 Å². The maximum absolute atomic E-state index is 12.1. The van der Waals surface area contributed by atoms with Crippen LogP contribution in [0.1, 0.15) is 37.7 Å². The molecular formula is C13H20N2O3S. The summed E-state index contributed by atoms with van der Waals surface area (Å²) in [7, 11) is -3.32. The number of benzene rings is 1. The first-order chi connectivity index (χ1) is 9.09. The molecule has 0 spiro atoms. The average molecular weight is 284 g/mol. The molecule has 0 atom stereocenters. The number of sulfonamides is 1. The lowest BCUT2D eigenvalue weighted by Crippen LogP contribution is -2.36. The molecule has 1 aliphatic rings. The molecule has 6 heteroatoms. The zero-order valence-electron chi connectivity index (χ0n) is 10.8. The first-order valence-electron chi connectivity index (χ1n) is 6.58. The van der Waals surface area contributed by atoms with Gasteiger partial charge in [-0.3, -0.25) is 10.7 Å². The highest BCUT2D eigenvalue weighted by molar-refractivity contribution is 7.88. The number of anilines is 1. The van der Waals surface area contributed by atoms with Crippen LogP contribution in [0.2, 0.25) is 0 Å². The zero-order valence-corrected chi connectivity index (χ0v) is 11.6. The Morgan fingerprint density at radius 1 is 1.21 bits per heavy atom. The van der Waals surface area contributed by atoms with Crippen molar-refractivity contribution in [3.63, 3.8) is 0 Å². The molecule has 3 N–H and O–H groups in total. The number of nitrogens with one attached hydrogen (secondary N) is 2. The normalized spacial score (nSPS) is 17.3. The molecule has 19 heavy (non-hydrogen) atoms. The Kier molecular flexibility index (Phi) is 4.79. The number of rotatable bonds is 5. The van der Waals surface area contributed by atoms with Gasteiger partial charge in [0.15, 0.2) is 0 Å². The second kappa shape index (κ2) is 6.36. The lowest BCUT2D eigenvalue weighted by atomic mass is 9.96. The van der Waals surface area contributed by atoms with Crippen molar-refractivity contribution in [1.82, 2.24) is 4.72 Å². The minimum Gasteiger partial charge on any atom is -0.291 e. The van der Waals surface area contributed by atoms with E-state index in [0.717, 1.165) is 25.7 Å². The Morgan fingerprint density at radius 2 is 1.95 bits per heavy atom. The molecule has 0 bridgehead atoms. The largest absolute Gasteiger partial charge is 0.291 e. The van der Waals surface area contributed by atoms with Gasteiger partial charge in [-0.25, -0.2) is 13.1 Å². The van der Waals surface area contributed by atoms with Crippen LogP contribution in [0.5, 0.6) is 0 Å². The van der Waals surface area contributed by atoms with Gasteiger partial charge < -0.3 is 0 Å². The lowest BCUT2D eigenvalue weighted by Gasteiger charge is -2.22. The fourth-order valence-electron chi connectivity index (χ4n) is 2.47. The Bertz CT molecular complexity index is 510. The van der Waals surface area contributed by atoms with Crippen LogP contribution in [-0.2, 0) is 15.8 Å². The van der Waals surface area contributed by atoms with E-state index in [2.05, 4.69) is 4.72 Å². The van der Waals surface area contributed by atoms with Crippen molar-refractivity contribution < 1.29 is 13.6 Å². The molecule has 0 aliphatic heterocycles. The van der Waals surface area contributed by atoms with Gasteiger partial charge in [-0.05, 0) is 30.5 Å². The van der Waals surface area contributed by atoms with E-state index in [1.807, 2.05) is 5.48 Å². The van der Waals surface area contributed by atoms with Crippen molar-refractivity contribution in [1.29, 1.82) is 0 Å². The molecule has 1 saturated carbocycles. The van der Waals surface area contributed by atoms with Gasteiger partial charge in [0.1, 0.15) is 0 Å². The Balaban J connectivity index is 1.99. The van der Waals surface area contributed by atoms with Crippen LogP contribution in [0.25, 0.3) is 0 Å². The van der Waals surface area contributed by atoms with E-state index in [4.69, 9.17) is 5.21 Å². The molecular weight excluding hydrogens is 264 g/mol. The highest BCUT2D eigenvalue weighted by Gasteiger charge is 2.20. The Hall–Kier alpha value is -1.11. The Morgan fingerprint density at radius 3 is 2.63 bits per heavy atom. The van der Waals surface area contributed by atoms with Gasteiger partial charge in [-0.15, -0.1) is 0 Å². The minimum absolute atomic E-state index is 0.0565. The third kappa shape index (κ3) is 4.49. The lowest BCUT2D eigenvalue weighted by molar-refractivity contribution is 0.389. The maximum Gasteiger partial charge on any atom is 0.216 e. The van der Waals surface area contributed by atoms with Gasteiger partial charge in [-0.1, -0.05) is 31.4 Å². The zero-order chi connectivity index (χ0) is 13.7. The fraction of sp³-hybridized carbons (Fsp3) is 0.538. The summed E-state index contributed by atoms with van der Waals surface area (Å²) in [4.78, 5) is 0. The molecule has 106 valence electrons. The van der Waals surface area contributed by atoms with Crippen LogP contribution < -0.4 is 10.2 Å². The molecule has 1 aliphatic carbocycles. The van der Waals surface area contributed by atoms with Crippen molar-refractivity contribution in [2.45, 2.75) is 43.9 Å². The van der Waals surface area contributed by atoms with E-state index < -0.39 is 10.0 Å². The first kappa shape index (κ1) is 14.3. The van der Waals surface area contributed by atoms with Crippen molar-refractivity contribution in [2.75, 3.05) is 5.48 Å². The summed E-state index contributed by atoms with van der Waals surface area (Å²) in [5, 5.41) is 8.81. The second-order valence-corrected chi connectivity index (χ2v) is 6.78. The number of hydrogen-bond acceptors (Lipinski definition) is 4. The molecule has 0 unspecified atom stereocenters. The van der Waals surface area contributed by atoms with Gasteiger partial charge in [0.2, 0.25) is 10.0 Å². The SMILES string of the molecule is O=S(=O)(Cc1cccc(NO)c1)NC1CCCCC1. The van der Waals surface area contributed by atoms with E-state index >= 15 is 0 Å². The average Bonchev–Trinajstić information content (AvgIpc) is 2.39. The summed E-state index contributed by atoms with van der Waals surface area (Å²) in [5.41, 5.74) is 3.17. The molecule has 0 aromatic heterocycles. The second-order valence-electron chi connectivity index (χ2n) is 5.02. The summed E-state index contributed by atoms with van der Waals surface area (Å²) in [6.07, 6.45) is 5.24. The van der Waals surface area contributed by atoms with E-state index in [0.29, 0.717) is 11.3 Å². The monoisotopic (exact) mass is 284 g/mol. The predicted molar refractivity (Wildman–Crippen MR) is 74.5 cm³/mol. The molecule has 0 radical (unpaired) electrons. The van der Waals surface area contributed by atoms with Crippen LogP contribution in [0.3, 0.4) is 0 Å². The van der Waals surface area contributed by atoms with Crippen LogP contribution in [0.15, 0.2) is 24.3 Å². The summed E-state index contributed by atoms with van der Waals surface area (Å²) < 4.78 is 26.9. The van der Waals surface area contributed by atoms with Gasteiger partial charge in [0.05, 0.1) is 11.4 Å². The molecule has 1 aromatic rings. The van der Waals surface area contributed by atoms with E-state index in [9.17, 15) is 8.42 Å².